The van der Waals surface area contributed by atoms with Crippen LogP contribution in [0.4, 0.5) is 4.79 Å². The van der Waals surface area contributed by atoms with Crippen LogP contribution in [0.2, 0.25) is 0 Å². The van der Waals surface area contributed by atoms with Gasteiger partial charge in [-0.25, -0.2) is 9.78 Å². The lowest BCUT2D eigenvalue weighted by Gasteiger charge is -2.35. The van der Waals surface area contributed by atoms with Crippen molar-refractivity contribution in [3.05, 3.63) is 35.8 Å². The first kappa shape index (κ1) is 17.5. The van der Waals surface area contributed by atoms with E-state index in [0.29, 0.717) is 19.8 Å². The van der Waals surface area contributed by atoms with Crippen LogP contribution in [0.25, 0.3) is 0 Å². The molecule has 8 nitrogen and oxygen atoms in total. The van der Waals surface area contributed by atoms with Crippen molar-refractivity contribution in [2.24, 2.45) is 7.05 Å². The molecule has 3 heterocycles. The number of morpholine rings is 1. The number of urea groups is 1. The van der Waals surface area contributed by atoms with E-state index in [2.05, 4.69) is 15.4 Å². The summed E-state index contributed by atoms with van der Waals surface area (Å²) in [6.45, 7) is 5.43. The molecule has 2 aromatic rings. The number of amides is 2. The topological polar surface area (TPSA) is 85.4 Å². The van der Waals surface area contributed by atoms with Gasteiger partial charge >= 0.3 is 6.03 Å². The fourth-order valence-corrected chi connectivity index (χ4v) is 3.01. The zero-order valence-electron chi connectivity index (χ0n) is 14.9. The van der Waals surface area contributed by atoms with Gasteiger partial charge in [-0.05, 0) is 32.4 Å². The number of nitrogens with zero attached hydrogens (tertiary/aromatic N) is 4. The normalized spacial score (nSPS) is 19.0. The highest BCUT2D eigenvalue weighted by Crippen LogP contribution is 2.22. The van der Waals surface area contributed by atoms with E-state index >= 15 is 0 Å². The highest BCUT2D eigenvalue weighted by Gasteiger charge is 2.32. The van der Waals surface area contributed by atoms with Gasteiger partial charge in [-0.1, -0.05) is 0 Å². The van der Waals surface area contributed by atoms with Crippen LogP contribution in [0.15, 0.2) is 22.9 Å². The predicted molar refractivity (Wildman–Crippen MR) is 91.0 cm³/mol. The number of aryl methyl sites for hydroxylation is 3. The maximum Gasteiger partial charge on any atom is 0.318 e. The number of hydrogen-bond acceptors (Lipinski definition) is 5. The van der Waals surface area contributed by atoms with Crippen molar-refractivity contribution in [3.63, 3.8) is 0 Å². The van der Waals surface area contributed by atoms with Crippen LogP contribution >= 0.6 is 0 Å². The summed E-state index contributed by atoms with van der Waals surface area (Å²) in [7, 11) is 1.82. The van der Waals surface area contributed by atoms with Crippen LogP contribution in [0.3, 0.4) is 0 Å². The largest absolute Gasteiger partial charge is 0.466 e. The first-order valence-corrected chi connectivity index (χ1v) is 8.58. The first-order valence-electron chi connectivity index (χ1n) is 8.58. The Labute approximate surface area is 147 Å². The molecule has 0 saturated carbocycles. The van der Waals surface area contributed by atoms with E-state index in [-0.39, 0.29) is 18.1 Å². The summed E-state index contributed by atoms with van der Waals surface area (Å²) in [5.74, 6) is 2.59. The lowest BCUT2D eigenvalue weighted by Crippen LogP contribution is -2.50. The summed E-state index contributed by atoms with van der Waals surface area (Å²) >= 11 is 0. The number of rotatable bonds is 5. The maximum atomic E-state index is 12.7. The number of carbonyl (C=O) groups excluding carboxylic acids is 1. The monoisotopic (exact) mass is 347 g/mol. The van der Waals surface area contributed by atoms with E-state index < -0.39 is 0 Å². The molecule has 0 aromatic carbocycles. The highest BCUT2D eigenvalue weighted by atomic mass is 16.5. The minimum absolute atomic E-state index is 0.0425. The quantitative estimate of drug-likeness (QED) is 0.892. The first-order chi connectivity index (χ1) is 12.0. The number of hydrogen-bond donors (Lipinski definition) is 1. The fraction of sp³-hybridized carbons (Fsp3) is 0.588. The molecular weight excluding hydrogens is 322 g/mol. The molecule has 136 valence electrons. The van der Waals surface area contributed by atoms with E-state index in [1.807, 2.05) is 33.0 Å². The Kier molecular flexibility index (Phi) is 5.37. The second-order valence-corrected chi connectivity index (χ2v) is 6.43. The minimum Gasteiger partial charge on any atom is -0.466 e. The molecule has 1 N–H and O–H groups in total. The third-order valence-corrected chi connectivity index (χ3v) is 4.42. The van der Waals surface area contributed by atoms with Gasteiger partial charge in [0.15, 0.2) is 5.82 Å². The van der Waals surface area contributed by atoms with Crippen LogP contribution in [0, 0.1) is 6.92 Å². The van der Waals surface area contributed by atoms with Crippen molar-refractivity contribution in [1.82, 2.24) is 25.0 Å². The SMILES string of the molecule is Cc1ccc(CC[C@@H](C)NC(=O)N2CCOC[C@@H]2c2ncnn2C)o1. The Morgan fingerprint density at radius 1 is 1.48 bits per heavy atom. The average Bonchev–Trinajstić information content (AvgIpc) is 3.21. The zero-order valence-corrected chi connectivity index (χ0v) is 14.9. The zero-order chi connectivity index (χ0) is 17.8. The van der Waals surface area contributed by atoms with Gasteiger partial charge in [-0.15, -0.1) is 0 Å². The fourth-order valence-electron chi connectivity index (χ4n) is 3.01. The van der Waals surface area contributed by atoms with Gasteiger partial charge in [0.2, 0.25) is 0 Å². The smallest absolute Gasteiger partial charge is 0.318 e. The third kappa shape index (κ3) is 4.19. The molecule has 1 aliphatic heterocycles. The molecule has 1 aliphatic rings. The molecule has 1 fully saturated rings. The molecule has 8 heteroatoms. The Morgan fingerprint density at radius 2 is 2.32 bits per heavy atom. The van der Waals surface area contributed by atoms with E-state index in [1.165, 1.54) is 6.33 Å². The van der Waals surface area contributed by atoms with E-state index in [9.17, 15) is 4.79 Å². The van der Waals surface area contributed by atoms with Crippen molar-refractivity contribution >= 4 is 6.03 Å². The number of nitrogens with one attached hydrogen (secondary N) is 1. The molecule has 0 aliphatic carbocycles. The summed E-state index contributed by atoms with van der Waals surface area (Å²) in [5, 5.41) is 7.16. The van der Waals surface area contributed by atoms with Gasteiger partial charge < -0.3 is 19.4 Å². The number of furan rings is 1. The standard InChI is InChI=1S/C17H25N5O3/c1-12(4-6-14-7-5-13(2)25-14)20-17(23)22-8-9-24-10-15(22)16-18-11-19-21(16)3/h5,7,11-12,15H,4,6,8-10H2,1-3H3,(H,20,23)/t12-,15-/m1/s1. The van der Waals surface area contributed by atoms with E-state index in [0.717, 1.165) is 30.2 Å². The van der Waals surface area contributed by atoms with Crippen molar-refractivity contribution in [2.75, 3.05) is 19.8 Å². The molecule has 2 aromatic heterocycles. The number of aromatic nitrogens is 3. The molecule has 25 heavy (non-hydrogen) atoms. The predicted octanol–water partition coefficient (Wildman–Crippen LogP) is 1.82. The molecule has 1 saturated heterocycles. The number of ether oxygens (including phenoxy) is 1. The Morgan fingerprint density at radius 3 is 3.00 bits per heavy atom. The van der Waals surface area contributed by atoms with E-state index in [1.54, 1.807) is 9.58 Å². The molecule has 0 radical (unpaired) electrons. The molecule has 0 unspecified atom stereocenters. The van der Waals surface area contributed by atoms with E-state index in [4.69, 9.17) is 9.15 Å². The lowest BCUT2D eigenvalue weighted by atomic mass is 10.1. The van der Waals surface area contributed by atoms with Crippen molar-refractivity contribution in [1.29, 1.82) is 0 Å². The van der Waals surface area contributed by atoms with Crippen molar-refractivity contribution in [2.45, 2.75) is 38.8 Å². The molecule has 0 spiro atoms. The molecule has 2 amide bonds. The van der Waals surface area contributed by atoms with Gasteiger partial charge in [0.25, 0.3) is 0 Å². The Hall–Kier alpha value is -2.35. The summed E-state index contributed by atoms with van der Waals surface area (Å²) in [4.78, 5) is 18.8. The Balaban J connectivity index is 1.57. The Bertz CT molecular complexity index is 711. The van der Waals surface area contributed by atoms with Gasteiger partial charge in [0.05, 0.1) is 13.2 Å². The summed E-state index contributed by atoms with van der Waals surface area (Å²) < 4.78 is 12.8. The third-order valence-electron chi connectivity index (χ3n) is 4.42. The van der Waals surface area contributed by atoms with Crippen LogP contribution in [-0.2, 0) is 18.2 Å². The maximum absolute atomic E-state index is 12.7. The second kappa shape index (κ2) is 7.69. The van der Waals surface area contributed by atoms with Crippen molar-refractivity contribution in [3.8, 4) is 0 Å². The summed E-state index contributed by atoms with van der Waals surface area (Å²) in [6.07, 6.45) is 3.11. The molecule has 3 rings (SSSR count). The van der Waals surface area contributed by atoms with Crippen LogP contribution in [0.1, 0.15) is 36.7 Å². The highest BCUT2D eigenvalue weighted by molar-refractivity contribution is 5.75. The van der Waals surface area contributed by atoms with Gasteiger partial charge in [0.1, 0.15) is 23.9 Å². The molecule has 0 bridgehead atoms. The second-order valence-electron chi connectivity index (χ2n) is 6.43. The summed E-state index contributed by atoms with van der Waals surface area (Å²) in [5.41, 5.74) is 0. The minimum atomic E-state index is -0.221. The molecular formula is C17H25N5O3. The van der Waals surface area contributed by atoms with Gasteiger partial charge in [-0.3, -0.25) is 4.68 Å². The van der Waals surface area contributed by atoms with Gasteiger partial charge in [-0.2, -0.15) is 5.10 Å². The number of carbonyl (C=O) groups is 1. The van der Waals surface area contributed by atoms with Crippen LogP contribution < -0.4 is 5.32 Å². The van der Waals surface area contributed by atoms with Gasteiger partial charge in [0, 0.05) is 26.1 Å². The summed E-state index contributed by atoms with van der Waals surface area (Å²) in [6, 6.07) is 3.66. The van der Waals surface area contributed by atoms with Crippen LogP contribution in [0.5, 0.6) is 0 Å². The van der Waals surface area contributed by atoms with Crippen molar-refractivity contribution < 1.29 is 13.9 Å². The lowest BCUT2D eigenvalue weighted by molar-refractivity contribution is 0.00688. The molecule has 2 atom stereocenters. The van der Waals surface area contributed by atoms with Crippen LogP contribution in [-0.4, -0.2) is 51.5 Å². The average molecular weight is 347 g/mol.